The number of fused-ring (bicyclic) bond motifs is 2. The van der Waals surface area contributed by atoms with Gasteiger partial charge in [0.25, 0.3) is 0 Å². The van der Waals surface area contributed by atoms with Crippen LogP contribution in [0.1, 0.15) is 12.1 Å². The number of nitrogen functional groups attached to an aromatic ring is 1. The number of pyridine rings is 1. The summed E-state index contributed by atoms with van der Waals surface area (Å²) in [5.41, 5.74) is 11.6. The second-order valence-corrected chi connectivity index (χ2v) is 6.93. The molecule has 0 bridgehead atoms. The van der Waals surface area contributed by atoms with E-state index in [1.165, 1.54) is 0 Å². The lowest BCUT2D eigenvalue weighted by Crippen LogP contribution is -2.20. The van der Waals surface area contributed by atoms with Gasteiger partial charge in [-0.3, -0.25) is 4.98 Å². The van der Waals surface area contributed by atoms with Gasteiger partial charge in [-0.1, -0.05) is 35.9 Å². The maximum Gasteiger partial charge on any atom is 0.165 e. The number of hydrogen-bond acceptors (Lipinski definition) is 5. The molecule has 0 saturated heterocycles. The third-order valence-electron chi connectivity index (χ3n) is 4.89. The highest BCUT2D eigenvalue weighted by Crippen LogP contribution is 2.34. The smallest absolute Gasteiger partial charge is 0.165 e. The molecule has 4 heterocycles. The van der Waals surface area contributed by atoms with Crippen LogP contribution in [0.25, 0.3) is 33.3 Å². The summed E-state index contributed by atoms with van der Waals surface area (Å²) in [6.45, 7) is 1.70. The minimum absolute atomic E-state index is 0.399. The van der Waals surface area contributed by atoms with Crippen LogP contribution >= 0.6 is 11.6 Å². The molecule has 0 saturated carbocycles. The maximum atomic E-state index is 6.52. The van der Waals surface area contributed by atoms with Crippen LogP contribution in [-0.2, 0) is 0 Å². The fourth-order valence-electron chi connectivity index (χ4n) is 3.47. The van der Waals surface area contributed by atoms with E-state index in [-0.39, 0.29) is 0 Å². The standard InChI is InChI=1S/C20H17ClN6/c21-17-18(12-5-7-23-8-6-12)26-20-15(11-25-27(20)19(17)22)14-9-13-3-1-2-4-16(13)24-10-14/h1-5,9-11,23H,6-8,22H2. The fourth-order valence-corrected chi connectivity index (χ4v) is 3.71. The van der Waals surface area contributed by atoms with Gasteiger partial charge in [-0.05, 0) is 30.7 Å². The third-order valence-corrected chi connectivity index (χ3v) is 5.26. The van der Waals surface area contributed by atoms with Crippen molar-refractivity contribution in [3.8, 4) is 11.1 Å². The zero-order valence-electron chi connectivity index (χ0n) is 14.5. The van der Waals surface area contributed by atoms with Crippen molar-refractivity contribution >= 4 is 39.5 Å². The summed E-state index contributed by atoms with van der Waals surface area (Å²) in [6, 6.07) is 10.1. The van der Waals surface area contributed by atoms with E-state index in [1.54, 1.807) is 10.7 Å². The molecule has 1 aromatic carbocycles. The lowest BCUT2D eigenvalue weighted by atomic mass is 10.0. The van der Waals surface area contributed by atoms with Crippen LogP contribution in [0.2, 0.25) is 5.02 Å². The lowest BCUT2D eigenvalue weighted by Gasteiger charge is -2.16. The van der Waals surface area contributed by atoms with E-state index in [0.29, 0.717) is 16.5 Å². The predicted octanol–water partition coefficient (Wildman–Crippen LogP) is 3.56. The van der Waals surface area contributed by atoms with E-state index < -0.39 is 0 Å². The Kier molecular flexibility index (Phi) is 3.81. The van der Waals surface area contributed by atoms with Gasteiger partial charge in [0.15, 0.2) is 5.65 Å². The first-order valence-corrected chi connectivity index (χ1v) is 9.18. The number of benzene rings is 1. The molecule has 7 heteroatoms. The second-order valence-electron chi connectivity index (χ2n) is 6.55. The molecule has 6 nitrogen and oxygen atoms in total. The van der Waals surface area contributed by atoms with Crippen LogP contribution in [0.5, 0.6) is 0 Å². The van der Waals surface area contributed by atoms with Gasteiger partial charge in [-0.2, -0.15) is 9.61 Å². The van der Waals surface area contributed by atoms with Crippen LogP contribution in [0.3, 0.4) is 0 Å². The number of hydrogen-bond donors (Lipinski definition) is 2. The Morgan fingerprint density at radius 3 is 2.93 bits per heavy atom. The van der Waals surface area contributed by atoms with Crippen molar-refractivity contribution in [3.05, 3.63) is 59.5 Å². The molecule has 0 spiro atoms. The van der Waals surface area contributed by atoms with Crippen molar-refractivity contribution < 1.29 is 0 Å². The zero-order chi connectivity index (χ0) is 18.4. The number of para-hydroxylation sites is 1. The molecule has 5 rings (SSSR count). The zero-order valence-corrected chi connectivity index (χ0v) is 15.2. The Balaban J connectivity index is 1.73. The number of anilines is 1. The van der Waals surface area contributed by atoms with E-state index >= 15 is 0 Å². The summed E-state index contributed by atoms with van der Waals surface area (Å²) in [6.07, 6.45) is 6.58. The first-order chi connectivity index (χ1) is 13.2. The lowest BCUT2D eigenvalue weighted by molar-refractivity contribution is 0.736. The quantitative estimate of drug-likeness (QED) is 0.559. The molecule has 4 aromatic rings. The first-order valence-electron chi connectivity index (χ1n) is 8.80. The highest BCUT2D eigenvalue weighted by atomic mass is 35.5. The number of halogens is 1. The summed E-state index contributed by atoms with van der Waals surface area (Å²) < 4.78 is 1.60. The van der Waals surface area contributed by atoms with Gasteiger partial charge < -0.3 is 11.1 Å². The van der Waals surface area contributed by atoms with Gasteiger partial charge in [0.05, 0.1) is 17.4 Å². The van der Waals surface area contributed by atoms with E-state index in [1.807, 2.05) is 30.5 Å². The number of aromatic nitrogens is 4. The molecular formula is C20H17ClN6. The molecule has 0 aliphatic carbocycles. The Hall–Kier alpha value is -2.96. The Bertz CT molecular complexity index is 1210. The Morgan fingerprint density at radius 2 is 2.07 bits per heavy atom. The molecule has 0 radical (unpaired) electrons. The number of nitrogens with zero attached hydrogens (tertiary/aromatic N) is 4. The summed E-state index contributed by atoms with van der Waals surface area (Å²) in [4.78, 5) is 9.39. The van der Waals surface area contributed by atoms with Crippen molar-refractivity contribution in [2.75, 3.05) is 18.8 Å². The van der Waals surface area contributed by atoms with Gasteiger partial charge >= 0.3 is 0 Å². The molecule has 3 N–H and O–H groups in total. The average molecular weight is 377 g/mol. The topological polar surface area (TPSA) is 81.1 Å². The van der Waals surface area contributed by atoms with E-state index in [4.69, 9.17) is 22.3 Å². The van der Waals surface area contributed by atoms with Crippen LogP contribution < -0.4 is 11.1 Å². The minimum Gasteiger partial charge on any atom is -0.382 e. The molecule has 1 aliphatic rings. The second kappa shape index (κ2) is 6.33. The van der Waals surface area contributed by atoms with Crippen molar-refractivity contribution in [3.63, 3.8) is 0 Å². The summed E-state index contributed by atoms with van der Waals surface area (Å²) in [5, 5.41) is 9.22. The van der Waals surface area contributed by atoms with Gasteiger partial charge in [0.1, 0.15) is 10.8 Å². The maximum absolute atomic E-state index is 6.52. The third kappa shape index (κ3) is 2.65. The van der Waals surface area contributed by atoms with Crippen molar-refractivity contribution in [1.29, 1.82) is 0 Å². The van der Waals surface area contributed by atoms with Gasteiger partial charge in [0, 0.05) is 29.3 Å². The van der Waals surface area contributed by atoms with Crippen molar-refractivity contribution in [2.45, 2.75) is 6.42 Å². The molecule has 1 aliphatic heterocycles. The number of nitrogens with two attached hydrogens (primary N) is 1. The SMILES string of the molecule is Nc1c(Cl)c(C2=CCNCC2)nc2c(-c3cnc4ccccc4c3)cnn12. The van der Waals surface area contributed by atoms with Gasteiger partial charge in [-0.25, -0.2) is 4.98 Å². The molecular weight excluding hydrogens is 360 g/mol. The molecule has 0 fully saturated rings. The molecule has 0 amide bonds. The molecule has 0 unspecified atom stereocenters. The van der Waals surface area contributed by atoms with E-state index in [2.05, 4.69) is 27.5 Å². The Morgan fingerprint density at radius 1 is 1.19 bits per heavy atom. The highest BCUT2D eigenvalue weighted by molar-refractivity contribution is 6.34. The summed E-state index contributed by atoms with van der Waals surface area (Å²) in [5.74, 6) is 0.399. The van der Waals surface area contributed by atoms with Gasteiger partial charge in [-0.15, -0.1) is 0 Å². The molecule has 3 aromatic heterocycles. The van der Waals surface area contributed by atoms with Crippen molar-refractivity contribution in [1.82, 2.24) is 24.9 Å². The van der Waals surface area contributed by atoms with Crippen LogP contribution in [0.4, 0.5) is 5.82 Å². The summed E-state index contributed by atoms with van der Waals surface area (Å²) >= 11 is 6.52. The van der Waals surface area contributed by atoms with Crippen LogP contribution in [-0.4, -0.2) is 32.7 Å². The van der Waals surface area contributed by atoms with Gasteiger partial charge in [0.2, 0.25) is 0 Å². The fraction of sp³-hybridized carbons (Fsp3) is 0.150. The highest BCUT2D eigenvalue weighted by Gasteiger charge is 2.19. The average Bonchev–Trinajstić information content (AvgIpc) is 3.15. The monoisotopic (exact) mass is 376 g/mol. The number of rotatable bonds is 2. The molecule has 134 valence electrons. The Labute approximate surface area is 160 Å². The largest absolute Gasteiger partial charge is 0.382 e. The first kappa shape index (κ1) is 16.2. The van der Waals surface area contributed by atoms with E-state index in [9.17, 15) is 0 Å². The number of nitrogens with one attached hydrogen (secondary N) is 1. The van der Waals surface area contributed by atoms with Crippen molar-refractivity contribution in [2.24, 2.45) is 0 Å². The predicted molar refractivity (Wildman–Crippen MR) is 109 cm³/mol. The summed E-state index contributed by atoms with van der Waals surface area (Å²) in [7, 11) is 0. The van der Waals surface area contributed by atoms with Crippen LogP contribution in [0, 0.1) is 0 Å². The molecule has 0 atom stereocenters. The normalized spacial score (nSPS) is 14.6. The minimum atomic E-state index is 0.399. The molecule has 27 heavy (non-hydrogen) atoms. The van der Waals surface area contributed by atoms with Crippen LogP contribution in [0.15, 0.2) is 48.8 Å². The van der Waals surface area contributed by atoms with E-state index in [0.717, 1.165) is 52.8 Å².